The van der Waals surface area contributed by atoms with Crippen LogP contribution in [0, 0.1) is 5.41 Å². The van der Waals surface area contributed by atoms with E-state index in [2.05, 4.69) is 0 Å². The number of ether oxygens (including phenoxy) is 2. The molecule has 0 aromatic heterocycles. The first-order valence-corrected chi connectivity index (χ1v) is 5.79. The number of aliphatic hydroxyl groups excluding tert-OH is 1. The number of rotatable bonds is 3. The fraction of sp³-hybridized carbons (Fsp3) is 0.500. The van der Waals surface area contributed by atoms with Crippen LogP contribution in [0.15, 0.2) is 12.1 Å². The molecule has 1 saturated carbocycles. The predicted molar refractivity (Wildman–Crippen MR) is 60.0 cm³/mol. The second kappa shape index (κ2) is 3.54. The summed E-state index contributed by atoms with van der Waals surface area (Å²) < 4.78 is 10.6. The van der Waals surface area contributed by atoms with E-state index in [4.69, 9.17) is 21.1 Å². The van der Waals surface area contributed by atoms with Gasteiger partial charge in [-0.1, -0.05) is 11.6 Å². The minimum atomic E-state index is 0.0943. The van der Waals surface area contributed by atoms with Gasteiger partial charge in [-0.05, 0) is 42.4 Å². The van der Waals surface area contributed by atoms with Crippen molar-refractivity contribution in [1.82, 2.24) is 0 Å². The summed E-state index contributed by atoms with van der Waals surface area (Å²) in [6, 6.07) is 3.87. The molecule has 0 unspecified atom stereocenters. The Bertz CT molecular complexity index is 427. The molecule has 0 bridgehead atoms. The van der Waals surface area contributed by atoms with Gasteiger partial charge in [0.05, 0.1) is 5.02 Å². The molecule has 1 heterocycles. The lowest BCUT2D eigenvalue weighted by molar-refractivity contribution is 0.174. The van der Waals surface area contributed by atoms with Crippen LogP contribution in [-0.4, -0.2) is 18.5 Å². The van der Waals surface area contributed by atoms with Crippen LogP contribution in [0.2, 0.25) is 5.02 Å². The zero-order valence-corrected chi connectivity index (χ0v) is 9.59. The van der Waals surface area contributed by atoms with Crippen molar-refractivity contribution in [3.63, 3.8) is 0 Å². The first-order chi connectivity index (χ1) is 7.72. The smallest absolute Gasteiger partial charge is 0.231 e. The Morgan fingerprint density at radius 3 is 2.81 bits per heavy atom. The average molecular weight is 241 g/mol. The molecule has 0 spiro atoms. The van der Waals surface area contributed by atoms with Gasteiger partial charge in [0.2, 0.25) is 6.79 Å². The van der Waals surface area contributed by atoms with E-state index in [0.717, 1.165) is 30.6 Å². The number of hydrogen-bond donors (Lipinski definition) is 1. The summed E-state index contributed by atoms with van der Waals surface area (Å²) >= 11 is 6.10. The summed E-state index contributed by atoms with van der Waals surface area (Å²) in [4.78, 5) is 0. The van der Waals surface area contributed by atoms with Crippen molar-refractivity contribution < 1.29 is 14.6 Å². The van der Waals surface area contributed by atoms with Gasteiger partial charge in [-0.2, -0.15) is 0 Å². The number of halogens is 1. The van der Waals surface area contributed by atoms with Crippen LogP contribution >= 0.6 is 11.6 Å². The van der Waals surface area contributed by atoms with E-state index in [1.165, 1.54) is 0 Å². The van der Waals surface area contributed by atoms with Crippen LogP contribution in [0.3, 0.4) is 0 Å². The summed E-state index contributed by atoms with van der Waals surface area (Å²) in [7, 11) is 0. The Morgan fingerprint density at radius 1 is 1.31 bits per heavy atom. The Labute approximate surface area is 98.9 Å². The van der Waals surface area contributed by atoms with Crippen LogP contribution in [0.1, 0.15) is 18.4 Å². The lowest BCUT2D eigenvalue weighted by Gasteiger charge is -2.12. The maximum atomic E-state index is 9.29. The van der Waals surface area contributed by atoms with Gasteiger partial charge in [-0.3, -0.25) is 0 Å². The first-order valence-electron chi connectivity index (χ1n) is 5.41. The molecule has 1 aliphatic heterocycles. The Kier molecular flexibility index (Phi) is 2.26. The second-order valence-electron chi connectivity index (χ2n) is 4.65. The first kappa shape index (κ1) is 10.2. The van der Waals surface area contributed by atoms with Crippen molar-refractivity contribution in [3.05, 3.63) is 22.7 Å². The normalized spacial score (nSPS) is 19.9. The lowest BCUT2D eigenvalue weighted by Crippen LogP contribution is -2.09. The maximum absolute atomic E-state index is 9.29. The second-order valence-corrected chi connectivity index (χ2v) is 5.05. The largest absolute Gasteiger partial charge is 0.454 e. The fourth-order valence-electron chi connectivity index (χ4n) is 2.12. The topological polar surface area (TPSA) is 38.7 Å². The van der Waals surface area contributed by atoms with Crippen LogP contribution in [0.5, 0.6) is 11.5 Å². The molecule has 1 aromatic carbocycles. The zero-order valence-electron chi connectivity index (χ0n) is 8.83. The van der Waals surface area contributed by atoms with Crippen LogP contribution in [0.25, 0.3) is 0 Å². The molecule has 3 nitrogen and oxygen atoms in total. The molecule has 1 N–H and O–H groups in total. The Balaban J connectivity index is 1.88. The average Bonchev–Trinajstić information content (AvgIpc) is 2.87. The van der Waals surface area contributed by atoms with Gasteiger partial charge < -0.3 is 14.6 Å². The van der Waals surface area contributed by atoms with Crippen molar-refractivity contribution >= 4 is 11.6 Å². The summed E-state index contributed by atoms with van der Waals surface area (Å²) in [5.41, 5.74) is 1.21. The number of aliphatic hydroxyl groups is 1. The van der Waals surface area contributed by atoms with Gasteiger partial charge in [0, 0.05) is 6.61 Å². The monoisotopic (exact) mass is 240 g/mol. The van der Waals surface area contributed by atoms with Crippen molar-refractivity contribution in [1.29, 1.82) is 0 Å². The molecule has 1 fully saturated rings. The van der Waals surface area contributed by atoms with Gasteiger partial charge in [0.1, 0.15) is 0 Å². The summed E-state index contributed by atoms with van der Waals surface area (Å²) in [5.74, 6) is 1.36. The summed E-state index contributed by atoms with van der Waals surface area (Å²) in [5, 5.41) is 9.89. The van der Waals surface area contributed by atoms with Gasteiger partial charge in [-0.25, -0.2) is 0 Å². The zero-order chi connectivity index (χ0) is 11.2. The maximum Gasteiger partial charge on any atom is 0.231 e. The minimum absolute atomic E-state index is 0.0943. The van der Waals surface area contributed by atoms with E-state index in [9.17, 15) is 5.11 Å². The molecule has 16 heavy (non-hydrogen) atoms. The van der Waals surface area contributed by atoms with Crippen molar-refractivity contribution in [2.45, 2.75) is 19.3 Å². The molecule has 0 saturated heterocycles. The van der Waals surface area contributed by atoms with Gasteiger partial charge in [0.25, 0.3) is 0 Å². The molecule has 2 aliphatic rings. The predicted octanol–water partition coefficient (Wildman–Crippen LogP) is 2.38. The molecular formula is C12H13ClO3. The highest BCUT2D eigenvalue weighted by molar-refractivity contribution is 6.32. The van der Waals surface area contributed by atoms with Crippen molar-refractivity contribution in [2.75, 3.05) is 13.4 Å². The van der Waals surface area contributed by atoms with E-state index < -0.39 is 0 Å². The summed E-state index contributed by atoms with van der Waals surface area (Å²) in [6.45, 7) is 0.489. The Hall–Kier alpha value is -0.930. The third-order valence-corrected chi connectivity index (χ3v) is 3.64. The molecule has 0 amide bonds. The van der Waals surface area contributed by atoms with E-state index in [-0.39, 0.29) is 18.8 Å². The quantitative estimate of drug-likeness (QED) is 0.882. The molecule has 0 atom stereocenters. The molecule has 1 aliphatic carbocycles. The molecular weight excluding hydrogens is 228 g/mol. The van der Waals surface area contributed by atoms with E-state index in [0.29, 0.717) is 10.8 Å². The van der Waals surface area contributed by atoms with Gasteiger partial charge in [-0.15, -0.1) is 0 Å². The minimum Gasteiger partial charge on any atom is -0.454 e. The highest BCUT2D eigenvalue weighted by Crippen LogP contribution is 2.49. The van der Waals surface area contributed by atoms with Gasteiger partial charge in [0.15, 0.2) is 11.5 Å². The standard InChI is InChI=1S/C12H13ClO3/c13-9-3-8(5-12(6-14)1-2-12)4-10-11(9)16-7-15-10/h3-4,14H,1-2,5-7H2. The van der Waals surface area contributed by atoms with Crippen LogP contribution in [-0.2, 0) is 6.42 Å². The molecule has 3 rings (SSSR count). The fourth-order valence-corrected chi connectivity index (χ4v) is 2.41. The Morgan fingerprint density at radius 2 is 2.12 bits per heavy atom. The number of fused-ring (bicyclic) bond motifs is 1. The third-order valence-electron chi connectivity index (χ3n) is 3.36. The summed E-state index contributed by atoms with van der Waals surface area (Å²) in [6.07, 6.45) is 3.05. The lowest BCUT2D eigenvalue weighted by atomic mass is 9.97. The van der Waals surface area contributed by atoms with Gasteiger partial charge >= 0.3 is 0 Å². The van der Waals surface area contributed by atoms with Crippen LogP contribution in [0.4, 0.5) is 0 Å². The molecule has 86 valence electrons. The van der Waals surface area contributed by atoms with Crippen molar-refractivity contribution in [2.24, 2.45) is 5.41 Å². The number of benzene rings is 1. The third kappa shape index (κ3) is 1.64. The molecule has 1 aromatic rings. The van der Waals surface area contributed by atoms with Crippen LogP contribution < -0.4 is 9.47 Å². The molecule has 4 heteroatoms. The van der Waals surface area contributed by atoms with Crippen molar-refractivity contribution in [3.8, 4) is 11.5 Å². The molecule has 0 radical (unpaired) electrons. The van der Waals surface area contributed by atoms with E-state index in [1.807, 2.05) is 12.1 Å². The number of hydrogen-bond acceptors (Lipinski definition) is 3. The van der Waals surface area contributed by atoms with E-state index in [1.54, 1.807) is 0 Å². The highest BCUT2D eigenvalue weighted by Gasteiger charge is 2.42. The highest BCUT2D eigenvalue weighted by atomic mass is 35.5. The van der Waals surface area contributed by atoms with E-state index >= 15 is 0 Å². The SMILES string of the molecule is OCC1(Cc2cc(Cl)c3c(c2)OCO3)CC1.